The second-order valence-electron chi connectivity index (χ2n) is 3.96. The molecule has 1 saturated heterocycles. The SMILES string of the molecule is FC1(F)CCCCC1NC1CSC1. The minimum Gasteiger partial charge on any atom is -0.304 e. The molecule has 1 atom stereocenters. The van der Waals surface area contributed by atoms with Crippen LogP contribution in [0.2, 0.25) is 0 Å². The molecule has 76 valence electrons. The highest BCUT2D eigenvalue weighted by Crippen LogP contribution is 2.34. The number of rotatable bonds is 2. The fraction of sp³-hybridized carbons (Fsp3) is 1.00. The van der Waals surface area contributed by atoms with Gasteiger partial charge in [0.2, 0.25) is 0 Å². The van der Waals surface area contributed by atoms with E-state index in [1.807, 2.05) is 11.8 Å². The molecule has 1 aliphatic carbocycles. The van der Waals surface area contributed by atoms with Gasteiger partial charge < -0.3 is 5.32 Å². The van der Waals surface area contributed by atoms with E-state index >= 15 is 0 Å². The van der Waals surface area contributed by atoms with Gasteiger partial charge in [-0.15, -0.1) is 0 Å². The summed E-state index contributed by atoms with van der Waals surface area (Å²) in [6, 6.07) is -0.203. The minimum absolute atomic E-state index is 0.0739. The fourth-order valence-electron chi connectivity index (χ4n) is 1.92. The summed E-state index contributed by atoms with van der Waals surface area (Å²) in [5.41, 5.74) is 0. The van der Waals surface area contributed by atoms with Gasteiger partial charge in [-0.05, 0) is 12.8 Å². The third kappa shape index (κ3) is 2.15. The highest BCUT2D eigenvalue weighted by Gasteiger charge is 2.42. The van der Waals surface area contributed by atoms with E-state index in [2.05, 4.69) is 5.32 Å². The number of hydrogen-bond acceptors (Lipinski definition) is 2. The molecular weight excluding hydrogens is 192 g/mol. The van der Waals surface area contributed by atoms with Crippen LogP contribution < -0.4 is 5.32 Å². The van der Waals surface area contributed by atoms with Gasteiger partial charge in [-0.2, -0.15) is 11.8 Å². The molecule has 0 aromatic rings. The summed E-state index contributed by atoms with van der Waals surface area (Å²) in [5, 5.41) is 3.07. The van der Waals surface area contributed by atoms with Crippen molar-refractivity contribution in [2.45, 2.75) is 43.7 Å². The van der Waals surface area contributed by atoms with Gasteiger partial charge in [0, 0.05) is 24.0 Å². The van der Waals surface area contributed by atoms with E-state index in [0.29, 0.717) is 18.9 Å². The second-order valence-corrected chi connectivity index (χ2v) is 5.04. The molecule has 0 spiro atoms. The highest BCUT2D eigenvalue weighted by atomic mass is 32.2. The van der Waals surface area contributed by atoms with Crippen molar-refractivity contribution in [3.05, 3.63) is 0 Å². The normalized spacial score (nSPS) is 34.2. The van der Waals surface area contributed by atoms with Gasteiger partial charge in [0.15, 0.2) is 0 Å². The quantitative estimate of drug-likeness (QED) is 0.745. The molecule has 1 nitrogen and oxygen atoms in total. The summed E-state index contributed by atoms with van der Waals surface area (Å²) in [6.45, 7) is 0. The smallest absolute Gasteiger partial charge is 0.263 e. The highest BCUT2D eigenvalue weighted by molar-refractivity contribution is 8.00. The van der Waals surface area contributed by atoms with E-state index in [-0.39, 0.29) is 6.42 Å². The molecule has 1 aliphatic heterocycles. The maximum atomic E-state index is 13.3. The first-order chi connectivity index (χ1) is 6.18. The third-order valence-electron chi connectivity index (χ3n) is 2.84. The molecule has 2 aliphatic rings. The van der Waals surface area contributed by atoms with Gasteiger partial charge in [-0.1, -0.05) is 6.42 Å². The fourth-order valence-corrected chi connectivity index (χ4v) is 2.58. The zero-order chi connectivity index (χ0) is 9.31. The van der Waals surface area contributed by atoms with Crippen LogP contribution in [0.4, 0.5) is 8.78 Å². The molecule has 1 unspecified atom stereocenters. The van der Waals surface area contributed by atoms with E-state index in [1.165, 1.54) is 0 Å². The molecule has 1 saturated carbocycles. The Morgan fingerprint density at radius 2 is 2.00 bits per heavy atom. The van der Waals surface area contributed by atoms with Crippen LogP contribution in [0.3, 0.4) is 0 Å². The van der Waals surface area contributed by atoms with Crippen molar-refractivity contribution in [3.63, 3.8) is 0 Å². The Hall–Kier alpha value is 0.170. The lowest BCUT2D eigenvalue weighted by Crippen LogP contribution is -2.54. The van der Waals surface area contributed by atoms with Crippen LogP contribution in [-0.4, -0.2) is 29.5 Å². The predicted octanol–water partition coefficient (Wildman–Crippen LogP) is 2.27. The summed E-state index contributed by atoms with van der Waals surface area (Å²) in [4.78, 5) is 0. The van der Waals surface area contributed by atoms with Crippen molar-refractivity contribution in [2.75, 3.05) is 11.5 Å². The first kappa shape index (κ1) is 9.71. The Morgan fingerprint density at radius 3 is 2.54 bits per heavy atom. The molecular formula is C9H15F2NS. The first-order valence-electron chi connectivity index (χ1n) is 4.90. The summed E-state index contributed by atoms with van der Waals surface area (Å²) < 4.78 is 26.6. The lowest BCUT2D eigenvalue weighted by Gasteiger charge is -2.37. The van der Waals surface area contributed by atoms with E-state index in [4.69, 9.17) is 0 Å². The van der Waals surface area contributed by atoms with Crippen LogP contribution in [0.15, 0.2) is 0 Å². The van der Waals surface area contributed by atoms with Gasteiger partial charge >= 0.3 is 0 Å². The number of halogens is 2. The molecule has 0 aromatic heterocycles. The second kappa shape index (κ2) is 3.73. The van der Waals surface area contributed by atoms with Crippen molar-refractivity contribution in [2.24, 2.45) is 0 Å². The van der Waals surface area contributed by atoms with Crippen LogP contribution in [0, 0.1) is 0 Å². The summed E-state index contributed by atoms with van der Waals surface area (Å²) in [5.74, 6) is -0.447. The zero-order valence-corrected chi connectivity index (χ0v) is 8.38. The van der Waals surface area contributed by atoms with Crippen molar-refractivity contribution < 1.29 is 8.78 Å². The van der Waals surface area contributed by atoms with Crippen LogP contribution in [0.5, 0.6) is 0 Å². The topological polar surface area (TPSA) is 12.0 Å². The maximum Gasteiger partial charge on any atom is 0.263 e. The number of alkyl halides is 2. The maximum absolute atomic E-state index is 13.3. The van der Waals surface area contributed by atoms with Gasteiger partial charge in [-0.3, -0.25) is 0 Å². The molecule has 13 heavy (non-hydrogen) atoms. The Balaban J connectivity index is 1.87. The molecule has 2 fully saturated rings. The minimum atomic E-state index is -2.46. The summed E-state index contributed by atoms with van der Waals surface area (Å²) in [6.07, 6.45) is 2.36. The summed E-state index contributed by atoms with van der Waals surface area (Å²) >= 11 is 1.83. The van der Waals surface area contributed by atoms with Gasteiger partial charge in [0.1, 0.15) is 0 Å². The van der Waals surface area contributed by atoms with E-state index < -0.39 is 12.0 Å². The van der Waals surface area contributed by atoms with E-state index in [0.717, 1.165) is 17.9 Å². The van der Waals surface area contributed by atoms with Crippen LogP contribution >= 0.6 is 11.8 Å². The summed E-state index contributed by atoms with van der Waals surface area (Å²) in [7, 11) is 0. The van der Waals surface area contributed by atoms with Crippen molar-refractivity contribution in [1.29, 1.82) is 0 Å². The van der Waals surface area contributed by atoms with E-state index in [1.54, 1.807) is 0 Å². The molecule has 0 radical (unpaired) electrons. The Bertz CT molecular complexity index is 182. The Kier molecular flexibility index (Phi) is 2.79. The van der Waals surface area contributed by atoms with Crippen molar-refractivity contribution >= 4 is 11.8 Å². The van der Waals surface area contributed by atoms with Gasteiger partial charge in [-0.25, -0.2) is 8.78 Å². The zero-order valence-electron chi connectivity index (χ0n) is 7.56. The van der Waals surface area contributed by atoms with E-state index in [9.17, 15) is 8.78 Å². The monoisotopic (exact) mass is 207 g/mol. The average Bonchev–Trinajstić information content (AvgIpc) is 1.98. The Labute approximate surface area is 81.7 Å². The molecule has 4 heteroatoms. The third-order valence-corrected chi connectivity index (χ3v) is 4.11. The molecule has 0 amide bonds. The van der Waals surface area contributed by atoms with Crippen molar-refractivity contribution in [3.8, 4) is 0 Å². The molecule has 2 rings (SSSR count). The Morgan fingerprint density at radius 1 is 1.23 bits per heavy atom. The van der Waals surface area contributed by atoms with Crippen LogP contribution in [0.25, 0.3) is 0 Å². The molecule has 1 N–H and O–H groups in total. The largest absolute Gasteiger partial charge is 0.304 e. The predicted molar refractivity (Wildman–Crippen MR) is 51.5 cm³/mol. The van der Waals surface area contributed by atoms with Gasteiger partial charge in [0.05, 0.1) is 6.04 Å². The van der Waals surface area contributed by atoms with Gasteiger partial charge in [0.25, 0.3) is 5.92 Å². The average molecular weight is 207 g/mol. The standard InChI is InChI=1S/C9H15F2NS/c10-9(11)4-2-1-3-8(9)12-7-5-13-6-7/h7-8,12H,1-6H2. The molecule has 1 heterocycles. The van der Waals surface area contributed by atoms with Crippen molar-refractivity contribution in [1.82, 2.24) is 5.32 Å². The lowest BCUT2D eigenvalue weighted by atomic mass is 9.91. The lowest BCUT2D eigenvalue weighted by molar-refractivity contribution is -0.0657. The number of nitrogens with one attached hydrogen (secondary N) is 1. The number of thioether (sulfide) groups is 1. The van der Waals surface area contributed by atoms with Crippen LogP contribution in [-0.2, 0) is 0 Å². The number of hydrogen-bond donors (Lipinski definition) is 1. The van der Waals surface area contributed by atoms with Crippen LogP contribution in [0.1, 0.15) is 25.7 Å². The molecule has 0 bridgehead atoms. The first-order valence-corrected chi connectivity index (χ1v) is 6.05. The molecule has 0 aromatic carbocycles.